The van der Waals surface area contributed by atoms with Crippen molar-refractivity contribution in [3.8, 4) is 11.4 Å². The van der Waals surface area contributed by atoms with Gasteiger partial charge in [0.05, 0.1) is 11.1 Å². The Morgan fingerprint density at radius 2 is 1.48 bits per heavy atom. The minimum Gasteiger partial charge on any atom is -0.353 e. The van der Waals surface area contributed by atoms with Gasteiger partial charge in [-0.25, -0.2) is 15.0 Å². The number of rotatable bonds is 3. The average molecular weight is 449 g/mol. The highest BCUT2D eigenvalue weighted by atomic mass is 19.4. The lowest BCUT2D eigenvalue weighted by atomic mass is 10.1. The summed E-state index contributed by atoms with van der Waals surface area (Å²) in [6, 6.07) is 18.6. The standard InChI is InChI=1S/C25H22F3N5/c1-17-6-8-18(9-7-17)23-30-21-5-3-2-4-20(21)24(31-23)33-14-12-32(13-15-33)22-11-10-19(16-29-22)25(26,27)28/h2-11,16H,12-15H2,1H3. The van der Waals surface area contributed by atoms with Crippen molar-refractivity contribution < 1.29 is 13.2 Å². The average Bonchev–Trinajstić information content (AvgIpc) is 2.83. The molecule has 0 amide bonds. The zero-order valence-electron chi connectivity index (χ0n) is 18.0. The first kappa shape index (κ1) is 21.2. The second-order valence-corrected chi connectivity index (χ2v) is 8.13. The molecule has 0 radical (unpaired) electrons. The van der Waals surface area contributed by atoms with Gasteiger partial charge in [0.1, 0.15) is 11.6 Å². The summed E-state index contributed by atoms with van der Waals surface area (Å²) < 4.78 is 38.5. The fourth-order valence-corrected chi connectivity index (χ4v) is 4.02. The van der Waals surface area contributed by atoms with Crippen molar-refractivity contribution in [3.63, 3.8) is 0 Å². The van der Waals surface area contributed by atoms with Crippen LogP contribution >= 0.6 is 0 Å². The number of aromatic nitrogens is 3. The van der Waals surface area contributed by atoms with Crippen LogP contribution in [0, 0.1) is 6.92 Å². The van der Waals surface area contributed by atoms with Crippen LogP contribution in [0.1, 0.15) is 11.1 Å². The molecule has 8 heteroatoms. The van der Waals surface area contributed by atoms with E-state index in [4.69, 9.17) is 9.97 Å². The van der Waals surface area contributed by atoms with E-state index in [0.29, 0.717) is 37.8 Å². The minimum atomic E-state index is -4.38. The van der Waals surface area contributed by atoms with E-state index in [1.807, 2.05) is 60.4 Å². The van der Waals surface area contributed by atoms with E-state index in [9.17, 15) is 13.2 Å². The zero-order valence-corrected chi connectivity index (χ0v) is 18.0. The molecule has 2 aromatic heterocycles. The van der Waals surface area contributed by atoms with E-state index < -0.39 is 11.7 Å². The normalized spacial score (nSPS) is 14.7. The first-order chi connectivity index (χ1) is 15.9. The summed E-state index contributed by atoms with van der Waals surface area (Å²) in [5, 5.41) is 0.981. The molecule has 0 unspecified atom stereocenters. The predicted molar refractivity (Wildman–Crippen MR) is 123 cm³/mol. The van der Waals surface area contributed by atoms with Gasteiger partial charge in [-0.1, -0.05) is 42.0 Å². The van der Waals surface area contributed by atoms with Crippen LogP contribution in [0.15, 0.2) is 66.9 Å². The number of pyridine rings is 1. The van der Waals surface area contributed by atoms with Gasteiger partial charge >= 0.3 is 6.18 Å². The Kier molecular flexibility index (Phi) is 5.36. The number of nitrogens with zero attached hydrogens (tertiary/aromatic N) is 5. The van der Waals surface area contributed by atoms with Crippen LogP contribution in [0.3, 0.4) is 0 Å². The first-order valence-electron chi connectivity index (χ1n) is 10.8. The molecule has 1 saturated heterocycles. The Hall–Kier alpha value is -3.68. The van der Waals surface area contributed by atoms with E-state index in [1.54, 1.807) is 0 Å². The van der Waals surface area contributed by atoms with Crippen molar-refractivity contribution in [2.75, 3.05) is 36.0 Å². The highest BCUT2D eigenvalue weighted by molar-refractivity contribution is 5.91. The summed E-state index contributed by atoms with van der Waals surface area (Å²) >= 11 is 0. The molecule has 5 nitrogen and oxygen atoms in total. The van der Waals surface area contributed by atoms with E-state index in [1.165, 1.54) is 11.6 Å². The smallest absolute Gasteiger partial charge is 0.353 e. The molecule has 168 valence electrons. The van der Waals surface area contributed by atoms with Crippen molar-refractivity contribution in [3.05, 3.63) is 78.0 Å². The fourth-order valence-electron chi connectivity index (χ4n) is 4.02. The molecule has 5 rings (SSSR count). The number of alkyl halides is 3. The van der Waals surface area contributed by atoms with Crippen molar-refractivity contribution >= 4 is 22.5 Å². The number of hydrogen-bond acceptors (Lipinski definition) is 5. The lowest BCUT2D eigenvalue weighted by Gasteiger charge is -2.36. The van der Waals surface area contributed by atoms with E-state index in [-0.39, 0.29) is 0 Å². The maximum absolute atomic E-state index is 12.8. The van der Waals surface area contributed by atoms with Crippen molar-refractivity contribution in [2.45, 2.75) is 13.1 Å². The molecule has 2 aromatic carbocycles. The van der Waals surface area contributed by atoms with Crippen LogP contribution in [0.5, 0.6) is 0 Å². The third-order valence-corrected chi connectivity index (χ3v) is 5.87. The molecule has 33 heavy (non-hydrogen) atoms. The van der Waals surface area contributed by atoms with Gasteiger partial charge in [-0.2, -0.15) is 13.2 Å². The predicted octanol–water partition coefficient (Wildman–Crippen LogP) is 5.35. The highest BCUT2D eigenvalue weighted by Crippen LogP contribution is 2.31. The quantitative estimate of drug-likeness (QED) is 0.422. The summed E-state index contributed by atoms with van der Waals surface area (Å²) in [7, 11) is 0. The Morgan fingerprint density at radius 3 is 2.15 bits per heavy atom. The molecule has 4 aromatic rings. The lowest BCUT2D eigenvalue weighted by molar-refractivity contribution is -0.137. The molecule has 1 aliphatic rings. The summed E-state index contributed by atoms with van der Waals surface area (Å²) in [5.41, 5.74) is 2.28. The van der Waals surface area contributed by atoms with Crippen LogP contribution in [-0.2, 0) is 6.18 Å². The van der Waals surface area contributed by atoms with Crippen LogP contribution in [0.4, 0.5) is 24.8 Å². The number of halogens is 3. The highest BCUT2D eigenvalue weighted by Gasteiger charge is 2.31. The van der Waals surface area contributed by atoms with Gasteiger partial charge in [-0.05, 0) is 31.2 Å². The van der Waals surface area contributed by atoms with Gasteiger partial charge in [0.25, 0.3) is 0 Å². The van der Waals surface area contributed by atoms with E-state index in [0.717, 1.165) is 34.5 Å². The molecule has 0 spiro atoms. The number of hydrogen-bond donors (Lipinski definition) is 0. The van der Waals surface area contributed by atoms with Gasteiger partial charge in [-0.15, -0.1) is 0 Å². The molecule has 0 aliphatic carbocycles. The maximum Gasteiger partial charge on any atom is 0.417 e. The fraction of sp³-hybridized carbons (Fsp3) is 0.240. The topological polar surface area (TPSA) is 45.2 Å². The van der Waals surface area contributed by atoms with Gasteiger partial charge < -0.3 is 9.80 Å². The molecule has 0 N–H and O–H groups in total. The second-order valence-electron chi connectivity index (χ2n) is 8.13. The molecular weight excluding hydrogens is 427 g/mol. The summed E-state index contributed by atoms with van der Waals surface area (Å²) in [6.07, 6.45) is -3.49. The van der Waals surface area contributed by atoms with Gasteiger partial charge in [0, 0.05) is 43.3 Å². The monoisotopic (exact) mass is 449 g/mol. The third kappa shape index (κ3) is 4.33. The van der Waals surface area contributed by atoms with Crippen molar-refractivity contribution in [2.24, 2.45) is 0 Å². The Labute approximate surface area is 189 Å². The largest absolute Gasteiger partial charge is 0.417 e. The van der Waals surface area contributed by atoms with Gasteiger partial charge in [-0.3, -0.25) is 0 Å². The number of benzene rings is 2. The van der Waals surface area contributed by atoms with Crippen molar-refractivity contribution in [1.29, 1.82) is 0 Å². The van der Waals surface area contributed by atoms with Crippen LogP contribution in [-0.4, -0.2) is 41.1 Å². The molecule has 1 fully saturated rings. The number of aryl methyl sites for hydroxylation is 1. The third-order valence-electron chi connectivity index (χ3n) is 5.87. The first-order valence-corrected chi connectivity index (χ1v) is 10.8. The minimum absolute atomic E-state index is 0.551. The summed E-state index contributed by atoms with van der Waals surface area (Å²) in [4.78, 5) is 17.9. The maximum atomic E-state index is 12.8. The number of anilines is 2. The molecule has 0 saturated carbocycles. The Bertz CT molecular complexity index is 1260. The number of fused-ring (bicyclic) bond motifs is 1. The van der Waals surface area contributed by atoms with Crippen LogP contribution in [0.25, 0.3) is 22.3 Å². The number of piperazine rings is 1. The lowest BCUT2D eigenvalue weighted by Crippen LogP contribution is -2.47. The van der Waals surface area contributed by atoms with Crippen LogP contribution < -0.4 is 9.80 Å². The SMILES string of the molecule is Cc1ccc(-c2nc(N3CCN(c4ccc(C(F)(F)F)cn4)CC3)c3ccccc3n2)cc1. The molecule has 0 bridgehead atoms. The second kappa shape index (κ2) is 8.35. The van der Waals surface area contributed by atoms with E-state index >= 15 is 0 Å². The van der Waals surface area contributed by atoms with Gasteiger partial charge in [0.15, 0.2) is 5.82 Å². The van der Waals surface area contributed by atoms with Gasteiger partial charge in [0.2, 0.25) is 0 Å². The summed E-state index contributed by atoms with van der Waals surface area (Å²) in [6.45, 7) is 4.67. The Balaban J connectivity index is 1.40. The zero-order chi connectivity index (χ0) is 23.0. The van der Waals surface area contributed by atoms with Crippen LogP contribution in [0.2, 0.25) is 0 Å². The molecule has 0 atom stereocenters. The number of para-hydroxylation sites is 1. The van der Waals surface area contributed by atoms with Crippen molar-refractivity contribution in [1.82, 2.24) is 15.0 Å². The molecule has 1 aliphatic heterocycles. The van der Waals surface area contributed by atoms with E-state index in [2.05, 4.69) is 9.88 Å². The molecular formula is C25H22F3N5. The Morgan fingerprint density at radius 1 is 0.788 bits per heavy atom. The summed E-state index contributed by atoms with van der Waals surface area (Å²) in [5.74, 6) is 2.10. The molecule has 3 heterocycles.